The van der Waals surface area contributed by atoms with Crippen LogP contribution < -0.4 is 4.90 Å². The highest BCUT2D eigenvalue weighted by atomic mass is 32.2. The first-order valence-electron chi connectivity index (χ1n) is 9.93. The number of fused-ring (bicyclic) bond motifs is 2. The lowest BCUT2D eigenvalue weighted by Crippen LogP contribution is -2.50. The lowest BCUT2D eigenvalue weighted by atomic mass is 10.0. The van der Waals surface area contributed by atoms with Gasteiger partial charge in [0.15, 0.2) is 11.6 Å². The summed E-state index contributed by atoms with van der Waals surface area (Å²) in [4.78, 5) is 13.9. The van der Waals surface area contributed by atoms with E-state index < -0.39 is 33.8 Å². The second kappa shape index (κ2) is 7.71. The number of amides is 1. The van der Waals surface area contributed by atoms with Gasteiger partial charge in [0.2, 0.25) is 10.0 Å². The molecule has 168 valence electrons. The summed E-state index contributed by atoms with van der Waals surface area (Å²) in [5.74, 6) is -2.06. The number of hydrogen-bond acceptors (Lipinski definition) is 7. The maximum atomic E-state index is 13.9. The van der Waals surface area contributed by atoms with Crippen molar-refractivity contribution >= 4 is 44.6 Å². The fraction of sp³-hybridized carbons (Fsp3) is 0.350. The number of cyclic esters (lactones) is 1. The van der Waals surface area contributed by atoms with Crippen LogP contribution in [0.4, 0.5) is 19.3 Å². The average Bonchev–Trinajstić information content (AvgIpc) is 3.23. The molecule has 12 heteroatoms. The van der Waals surface area contributed by atoms with E-state index >= 15 is 0 Å². The van der Waals surface area contributed by atoms with E-state index in [1.807, 2.05) is 0 Å². The molecular formula is C20H18F2N4O4S2. The average molecular weight is 481 g/mol. The zero-order valence-electron chi connectivity index (χ0n) is 16.9. The number of aromatic nitrogens is 2. The number of anilines is 1. The topological polar surface area (TPSA) is 92.7 Å². The number of piperidine rings is 1. The number of nitrogens with zero attached hydrogens (tertiary/aromatic N) is 4. The van der Waals surface area contributed by atoms with E-state index in [0.29, 0.717) is 35.0 Å². The lowest BCUT2D eigenvalue weighted by molar-refractivity contribution is 0.135. The van der Waals surface area contributed by atoms with Crippen LogP contribution in [0.5, 0.6) is 0 Å². The Morgan fingerprint density at radius 1 is 1.12 bits per heavy atom. The van der Waals surface area contributed by atoms with Crippen molar-refractivity contribution in [2.75, 3.05) is 18.0 Å². The number of aryl methyl sites for hydroxylation is 1. The summed E-state index contributed by atoms with van der Waals surface area (Å²) < 4.78 is 69.1. The maximum absolute atomic E-state index is 13.9. The van der Waals surface area contributed by atoms with Gasteiger partial charge in [-0.15, -0.1) is 0 Å². The molecule has 1 aromatic heterocycles. The van der Waals surface area contributed by atoms with Gasteiger partial charge in [-0.25, -0.2) is 22.0 Å². The Kier molecular flexibility index (Phi) is 5.10. The third kappa shape index (κ3) is 3.33. The first kappa shape index (κ1) is 21.2. The van der Waals surface area contributed by atoms with Crippen LogP contribution in [0.3, 0.4) is 0 Å². The predicted molar refractivity (Wildman–Crippen MR) is 113 cm³/mol. The first-order valence-corrected chi connectivity index (χ1v) is 12.1. The number of carbonyl (C=O) groups is 1. The van der Waals surface area contributed by atoms with Gasteiger partial charge >= 0.3 is 6.09 Å². The second-order valence-electron chi connectivity index (χ2n) is 7.80. The van der Waals surface area contributed by atoms with Crippen molar-refractivity contribution in [1.29, 1.82) is 0 Å². The van der Waals surface area contributed by atoms with Crippen LogP contribution in [-0.2, 0) is 21.4 Å². The maximum Gasteiger partial charge on any atom is 0.414 e. The summed E-state index contributed by atoms with van der Waals surface area (Å²) in [5.41, 5.74) is 2.09. The standard InChI is InChI=1S/C20H18F2N4O4S2/c1-11-2-3-16-18(24-31-23-16)19(11)32(28,29)25-6-4-13(5-7-25)26-17-9-15(22)14(21)8-12(17)10-30-20(26)27/h2-3,8-9,13H,4-7,10H2,1H3. The quantitative estimate of drug-likeness (QED) is 0.569. The van der Waals surface area contributed by atoms with Crippen molar-refractivity contribution in [3.63, 3.8) is 0 Å². The van der Waals surface area contributed by atoms with Crippen LogP contribution in [0.25, 0.3) is 11.0 Å². The Labute approximate surface area is 186 Å². The highest BCUT2D eigenvalue weighted by molar-refractivity contribution is 7.89. The van der Waals surface area contributed by atoms with Crippen LogP contribution in [-0.4, -0.2) is 46.7 Å². The second-order valence-corrected chi connectivity index (χ2v) is 10.2. The van der Waals surface area contributed by atoms with Crippen LogP contribution in [0.2, 0.25) is 0 Å². The molecule has 0 aliphatic carbocycles. The third-order valence-electron chi connectivity index (χ3n) is 5.89. The van der Waals surface area contributed by atoms with E-state index in [1.54, 1.807) is 19.1 Å². The largest absolute Gasteiger partial charge is 0.444 e. The Bertz CT molecular complexity index is 1340. The first-order chi connectivity index (χ1) is 15.3. The van der Waals surface area contributed by atoms with Crippen molar-refractivity contribution in [2.24, 2.45) is 0 Å². The number of sulfonamides is 1. The fourth-order valence-electron chi connectivity index (χ4n) is 4.29. The zero-order chi connectivity index (χ0) is 22.6. The summed E-state index contributed by atoms with van der Waals surface area (Å²) in [5, 5.41) is 0. The molecule has 8 nitrogen and oxygen atoms in total. The van der Waals surface area contributed by atoms with Crippen molar-refractivity contribution in [3.8, 4) is 0 Å². The number of carbonyl (C=O) groups excluding carboxylic acids is 1. The van der Waals surface area contributed by atoms with Crippen molar-refractivity contribution in [2.45, 2.75) is 37.3 Å². The fourth-order valence-corrected chi connectivity index (χ4v) is 6.71. The molecule has 2 aromatic carbocycles. The summed E-state index contributed by atoms with van der Waals surface area (Å²) in [6.07, 6.45) is -0.0206. The minimum absolute atomic E-state index is 0.139. The van der Waals surface area contributed by atoms with Gasteiger partial charge in [-0.2, -0.15) is 13.1 Å². The van der Waals surface area contributed by atoms with Crippen LogP contribution in [0.15, 0.2) is 29.2 Å². The zero-order valence-corrected chi connectivity index (χ0v) is 18.5. The molecule has 3 aromatic rings. The minimum Gasteiger partial charge on any atom is -0.444 e. The molecule has 3 heterocycles. The highest BCUT2D eigenvalue weighted by Crippen LogP contribution is 2.35. The third-order valence-corrected chi connectivity index (χ3v) is 8.51. The number of rotatable bonds is 3. The summed E-state index contributed by atoms with van der Waals surface area (Å²) >= 11 is 0.955. The van der Waals surface area contributed by atoms with E-state index in [2.05, 4.69) is 8.75 Å². The van der Waals surface area contributed by atoms with E-state index in [4.69, 9.17) is 4.74 Å². The van der Waals surface area contributed by atoms with Gasteiger partial charge in [-0.3, -0.25) is 4.90 Å². The summed E-state index contributed by atoms with van der Waals surface area (Å²) in [7, 11) is -3.84. The molecule has 0 atom stereocenters. The number of hydrogen-bond donors (Lipinski definition) is 0. The molecule has 0 radical (unpaired) electrons. The molecule has 1 fully saturated rings. The van der Waals surface area contributed by atoms with Gasteiger partial charge in [0, 0.05) is 30.8 Å². The van der Waals surface area contributed by atoms with Gasteiger partial charge < -0.3 is 4.74 Å². The molecule has 1 amide bonds. The molecule has 32 heavy (non-hydrogen) atoms. The SMILES string of the molecule is Cc1ccc2nsnc2c1S(=O)(=O)N1CCC(N2C(=O)OCc3cc(F)c(F)cc32)CC1. The molecule has 0 bridgehead atoms. The molecule has 1 saturated heterocycles. The summed E-state index contributed by atoms with van der Waals surface area (Å²) in [6.45, 7) is 1.89. The van der Waals surface area contributed by atoms with Crippen LogP contribution >= 0.6 is 11.7 Å². The molecule has 0 N–H and O–H groups in total. The van der Waals surface area contributed by atoms with Crippen molar-refractivity contribution in [3.05, 3.63) is 47.0 Å². The molecule has 2 aliphatic rings. The Morgan fingerprint density at radius 3 is 2.59 bits per heavy atom. The van der Waals surface area contributed by atoms with Crippen molar-refractivity contribution < 1.29 is 26.7 Å². The molecule has 0 spiro atoms. The molecule has 0 unspecified atom stereocenters. The number of ether oxygens (including phenoxy) is 1. The highest BCUT2D eigenvalue weighted by Gasteiger charge is 2.38. The molecular weight excluding hydrogens is 462 g/mol. The summed E-state index contributed by atoms with van der Waals surface area (Å²) in [6, 6.07) is 5.05. The van der Waals surface area contributed by atoms with Crippen LogP contribution in [0, 0.1) is 18.6 Å². The van der Waals surface area contributed by atoms with Gasteiger partial charge in [0.1, 0.15) is 22.5 Å². The lowest BCUT2D eigenvalue weighted by Gasteiger charge is -2.39. The molecule has 0 saturated carbocycles. The van der Waals surface area contributed by atoms with Crippen LogP contribution in [0.1, 0.15) is 24.0 Å². The smallest absolute Gasteiger partial charge is 0.414 e. The Hall–Kier alpha value is -2.70. The number of halogens is 2. The Morgan fingerprint density at radius 2 is 1.84 bits per heavy atom. The van der Waals surface area contributed by atoms with E-state index in [-0.39, 0.29) is 30.3 Å². The normalized spacial score (nSPS) is 18.1. The Balaban J connectivity index is 1.41. The van der Waals surface area contributed by atoms with Gasteiger partial charge in [-0.05, 0) is 37.5 Å². The van der Waals surface area contributed by atoms with E-state index in [9.17, 15) is 22.0 Å². The van der Waals surface area contributed by atoms with E-state index in [0.717, 1.165) is 23.9 Å². The molecule has 5 rings (SSSR count). The van der Waals surface area contributed by atoms with Gasteiger partial charge in [-0.1, -0.05) is 6.07 Å². The monoisotopic (exact) mass is 480 g/mol. The van der Waals surface area contributed by atoms with Gasteiger partial charge in [0.25, 0.3) is 0 Å². The number of benzene rings is 2. The molecule has 2 aliphatic heterocycles. The van der Waals surface area contributed by atoms with Gasteiger partial charge in [0.05, 0.1) is 17.4 Å². The van der Waals surface area contributed by atoms with E-state index in [1.165, 1.54) is 9.21 Å². The van der Waals surface area contributed by atoms with Crippen molar-refractivity contribution in [1.82, 2.24) is 13.1 Å². The minimum atomic E-state index is -3.84. The predicted octanol–water partition coefficient (Wildman–Crippen LogP) is 3.59.